The van der Waals surface area contributed by atoms with Gasteiger partial charge in [-0.2, -0.15) is 5.10 Å². The number of hydrogen-bond acceptors (Lipinski definition) is 7. The number of hydrogen-bond donors (Lipinski definition) is 2. The minimum atomic E-state index is -1.01. The number of nitrogens with zero attached hydrogens (tertiary/aromatic N) is 2. The van der Waals surface area contributed by atoms with Crippen LogP contribution in [0.3, 0.4) is 0 Å². The molecule has 1 aromatic carbocycles. The highest BCUT2D eigenvalue weighted by atomic mass is 32.2. The average Bonchev–Trinajstić information content (AvgIpc) is 3.11. The molecule has 24 heavy (non-hydrogen) atoms. The van der Waals surface area contributed by atoms with Crippen LogP contribution < -0.4 is 10.1 Å². The smallest absolute Gasteiger partial charge is 0.328 e. The molecule has 0 spiro atoms. The maximum atomic E-state index is 11.7. The van der Waals surface area contributed by atoms with Gasteiger partial charge in [0.25, 0.3) is 5.91 Å². The van der Waals surface area contributed by atoms with Crippen LogP contribution >= 0.6 is 24.0 Å². The highest BCUT2D eigenvalue weighted by molar-refractivity contribution is 8.26. The Hall–Kier alpha value is -2.39. The Bertz CT molecular complexity index is 773. The maximum absolute atomic E-state index is 11.7. The molecule has 2 heterocycles. The van der Waals surface area contributed by atoms with Crippen molar-refractivity contribution < 1.29 is 19.4 Å². The molecule has 124 valence electrons. The monoisotopic (exact) mass is 363 g/mol. The van der Waals surface area contributed by atoms with E-state index in [9.17, 15) is 14.7 Å². The SMILES string of the molecule is COc1ccc(C2=NN(/C=C3\SC(=S)NC3=O)[C@H](C(=O)O)C2)cc1. The van der Waals surface area contributed by atoms with Gasteiger partial charge in [0.05, 0.1) is 17.7 Å². The quantitative estimate of drug-likeness (QED) is 0.619. The molecule has 1 amide bonds. The van der Waals surface area contributed by atoms with Crippen LogP contribution in [-0.2, 0) is 9.59 Å². The van der Waals surface area contributed by atoms with Gasteiger partial charge in [-0.15, -0.1) is 0 Å². The van der Waals surface area contributed by atoms with Crippen LogP contribution in [0.1, 0.15) is 12.0 Å². The predicted octanol–water partition coefficient (Wildman–Crippen LogP) is 1.55. The van der Waals surface area contributed by atoms with Crippen molar-refractivity contribution in [1.82, 2.24) is 10.3 Å². The number of thioether (sulfide) groups is 1. The van der Waals surface area contributed by atoms with Crippen molar-refractivity contribution in [2.45, 2.75) is 12.5 Å². The van der Waals surface area contributed by atoms with Gasteiger partial charge >= 0.3 is 5.97 Å². The van der Waals surface area contributed by atoms with E-state index in [1.807, 2.05) is 12.1 Å². The molecule has 7 nitrogen and oxygen atoms in total. The summed E-state index contributed by atoms with van der Waals surface area (Å²) in [5.74, 6) is -0.647. The van der Waals surface area contributed by atoms with Gasteiger partial charge in [-0.25, -0.2) is 4.79 Å². The van der Waals surface area contributed by atoms with Crippen LogP contribution in [0.5, 0.6) is 5.75 Å². The largest absolute Gasteiger partial charge is 0.497 e. The van der Waals surface area contributed by atoms with E-state index in [-0.39, 0.29) is 12.3 Å². The Kier molecular flexibility index (Phi) is 4.54. The Balaban J connectivity index is 1.89. The van der Waals surface area contributed by atoms with Gasteiger partial charge < -0.3 is 15.2 Å². The third-order valence-electron chi connectivity index (χ3n) is 3.54. The molecule has 0 aliphatic carbocycles. The highest BCUT2D eigenvalue weighted by Crippen LogP contribution is 2.28. The van der Waals surface area contributed by atoms with Crippen molar-refractivity contribution in [2.75, 3.05) is 7.11 Å². The van der Waals surface area contributed by atoms with E-state index < -0.39 is 12.0 Å². The molecule has 2 N–H and O–H groups in total. The van der Waals surface area contributed by atoms with Crippen LogP contribution in [0.15, 0.2) is 40.5 Å². The first kappa shape index (κ1) is 16.5. The molecule has 9 heteroatoms. The Morgan fingerprint density at radius 2 is 2.21 bits per heavy atom. The number of carbonyl (C=O) groups excluding carboxylic acids is 1. The topological polar surface area (TPSA) is 91.2 Å². The maximum Gasteiger partial charge on any atom is 0.328 e. The zero-order chi connectivity index (χ0) is 17.3. The molecule has 1 fully saturated rings. The van der Waals surface area contributed by atoms with Crippen molar-refractivity contribution in [3.63, 3.8) is 0 Å². The van der Waals surface area contributed by atoms with Crippen molar-refractivity contribution in [1.29, 1.82) is 0 Å². The van der Waals surface area contributed by atoms with Gasteiger partial charge in [0.1, 0.15) is 10.1 Å². The minimum Gasteiger partial charge on any atom is -0.497 e. The summed E-state index contributed by atoms with van der Waals surface area (Å²) in [5.41, 5.74) is 1.44. The first-order valence-corrected chi connectivity index (χ1v) is 8.18. The molecule has 0 unspecified atom stereocenters. The summed E-state index contributed by atoms with van der Waals surface area (Å²) < 4.78 is 5.45. The summed E-state index contributed by atoms with van der Waals surface area (Å²) in [5, 5.41) is 17.6. The van der Waals surface area contributed by atoms with E-state index in [0.717, 1.165) is 17.3 Å². The van der Waals surface area contributed by atoms with E-state index in [4.69, 9.17) is 17.0 Å². The molecule has 1 atom stereocenters. The zero-order valence-electron chi connectivity index (χ0n) is 12.6. The van der Waals surface area contributed by atoms with E-state index in [0.29, 0.717) is 20.7 Å². The van der Waals surface area contributed by atoms with E-state index >= 15 is 0 Å². The molecule has 0 saturated carbocycles. The van der Waals surface area contributed by atoms with Gasteiger partial charge in [-0.3, -0.25) is 9.80 Å². The zero-order valence-corrected chi connectivity index (χ0v) is 14.2. The van der Waals surface area contributed by atoms with E-state index in [1.165, 1.54) is 11.2 Å². The van der Waals surface area contributed by atoms with E-state index in [2.05, 4.69) is 10.4 Å². The summed E-state index contributed by atoms with van der Waals surface area (Å²) in [6.07, 6.45) is 1.66. The molecule has 2 aliphatic heterocycles. The summed E-state index contributed by atoms with van der Waals surface area (Å²) in [6, 6.07) is 6.34. The summed E-state index contributed by atoms with van der Waals surface area (Å²) in [4.78, 5) is 23.6. The number of ether oxygens (including phenoxy) is 1. The fourth-order valence-corrected chi connectivity index (χ4v) is 3.35. The number of thiocarbonyl (C=S) groups is 1. The van der Waals surface area contributed by atoms with E-state index in [1.54, 1.807) is 19.2 Å². The van der Waals surface area contributed by atoms with Gasteiger partial charge in [-0.05, 0) is 29.8 Å². The fraction of sp³-hybridized carbons (Fsp3) is 0.200. The lowest BCUT2D eigenvalue weighted by atomic mass is 10.0. The van der Waals surface area contributed by atoms with Crippen molar-refractivity contribution >= 4 is 45.9 Å². The normalized spacial score (nSPS) is 21.9. The van der Waals surface area contributed by atoms with Gasteiger partial charge in [0.2, 0.25) is 0 Å². The molecule has 2 aliphatic rings. The third-order valence-corrected chi connectivity index (χ3v) is 4.69. The first-order chi connectivity index (χ1) is 11.5. The van der Waals surface area contributed by atoms with Gasteiger partial charge in [0, 0.05) is 12.6 Å². The number of aliphatic carboxylic acids is 1. The lowest BCUT2D eigenvalue weighted by molar-refractivity contribution is -0.141. The number of amides is 1. The summed E-state index contributed by atoms with van der Waals surface area (Å²) in [7, 11) is 1.57. The summed E-state index contributed by atoms with van der Waals surface area (Å²) >= 11 is 6.01. The minimum absolute atomic E-state index is 0.238. The van der Waals surface area contributed by atoms with Crippen LogP contribution in [0.4, 0.5) is 0 Å². The van der Waals surface area contributed by atoms with Crippen molar-refractivity contribution in [3.05, 3.63) is 40.9 Å². The van der Waals surface area contributed by atoms with Crippen LogP contribution in [-0.4, -0.2) is 45.2 Å². The molecule has 0 aromatic heterocycles. The summed E-state index contributed by atoms with van der Waals surface area (Å²) in [6.45, 7) is 0. The van der Waals surface area contributed by atoms with Crippen molar-refractivity contribution in [2.24, 2.45) is 5.10 Å². The number of rotatable bonds is 4. The average molecular weight is 363 g/mol. The number of carbonyl (C=O) groups is 2. The fourth-order valence-electron chi connectivity index (χ4n) is 2.34. The second kappa shape index (κ2) is 6.62. The van der Waals surface area contributed by atoms with Gasteiger partial charge in [0.15, 0.2) is 6.04 Å². The molecular weight excluding hydrogens is 350 g/mol. The first-order valence-electron chi connectivity index (χ1n) is 6.96. The Morgan fingerprint density at radius 1 is 1.50 bits per heavy atom. The Morgan fingerprint density at radius 3 is 2.75 bits per heavy atom. The molecule has 1 saturated heterocycles. The molecule has 0 bridgehead atoms. The Labute approximate surface area is 147 Å². The van der Waals surface area contributed by atoms with Crippen LogP contribution in [0.2, 0.25) is 0 Å². The molecule has 1 aromatic rings. The van der Waals surface area contributed by atoms with Gasteiger partial charge in [-0.1, -0.05) is 24.0 Å². The van der Waals surface area contributed by atoms with Crippen LogP contribution in [0, 0.1) is 0 Å². The second-order valence-corrected chi connectivity index (χ2v) is 6.77. The number of carboxylic acid groups (broad SMARTS) is 1. The predicted molar refractivity (Wildman–Crippen MR) is 93.8 cm³/mol. The third kappa shape index (κ3) is 3.26. The second-order valence-electron chi connectivity index (χ2n) is 5.05. The molecule has 0 radical (unpaired) electrons. The lowest BCUT2D eigenvalue weighted by Gasteiger charge is -2.15. The standard InChI is InChI=1S/C15H13N3O4S2/c1-22-9-4-2-8(3-5-9)10-6-11(14(20)21)18(17-10)7-12-13(19)16-15(23)24-12/h2-5,7,11H,6H2,1H3,(H,20,21)(H,16,19,23)/b12-7-/t11-/m0/s1. The number of nitrogens with one attached hydrogen (secondary N) is 1. The number of methoxy groups -OCH3 is 1. The molecular formula is C15H13N3O4S2. The number of hydrazone groups is 1. The number of benzene rings is 1. The number of carboxylic acids is 1. The molecule has 3 rings (SSSR count). The van der Waals surface area contributed by atoms with Crippen LogP contribution in [0.25, 0.3) is 0 Å². The highest BCUT2D eigenvalue weighted by Gasteiger charge is 2.34. The van der Waals surface area contributed by atoms with Crippen molar-refractivity contribution in [3.8, 4) is 5.75 Å². The lowest BCUT2D eigenvalue weighted by Crippen LogP contribution is -2.31.